The van der Waals surface area contributed by atoms with Crippen LogP contribution in [0.5, 0.6) is 0 Å². The summed E-state index contributed by atoms with van der Waals surface area (Å²) in [5.74, 6) is -1.29. The third-order valence-electron chi connectivity index (χ3n) is 1.01. The Balaban J connectivity index is 0. The van der Waals surface area contributed by atoms with Crippen molar-refractivity contribution in [3.8, 4) is 0 Å². The van der Waals surface area contributed by atoms with Crippen LogP contribution < -0.4 is 0 Å². The molecule has 0 spiro atoms. The van der Waals surface area contributed by atoms with Crippen LogP contribution in [0.2, 0.25) is 15.6 Å². The number of nitrogens with zero attached hydrogens (tertiary/aromatic N) is 2. The minimum atomic E-state index is -1.29. The van der Waals surface area contributed by atoms with Gasteiger partial charge in [-0.05, 0) is 11.6 Å². The molecule has 0 fully saturated rings. The summed E-state index contributed by atoms with van der Waals surface area (Å²) in [6.07, 6.45) is 0. The predicted octanol–water partition coefficient (Wildman–Crippen LogP) is 4.19. The van der Waals surface area contributed by atoms with Gasteiger partial charge in [-0.15, -0.1) is 0 Å². The highest BCUT2D eigenvalue weighted by molar-refractivity contribution is 6.39. The van der Waals surface area contributed by atoms with Gasteiger partial charge in [-0.1, -0.05) is 50.9 Å². The maximum absolute atomic E-state index is 10.5. The zero-order valence-electron chi connectivity index (χ0n) is 9.38. The van der Waals surface area contributed by atoms with Crippen LogP contribution in [-0.4, -0.2) is 21.0 Å². The van der Waals surface area contributed by atoms with E-state index in [0.717, 1.165) is 0 Å². The monoisotopic (exact) mass is 286 g/mol. The highest BCUT2D eigenvalue weighted by atomic mass is 35.5. The average molecular weight is 288 g/mol. The Morgan fingerprint density at radius 3 is 1.56 bits per heavy atom. The zero-order chi connectivity index (χ0) is 13.3. The van der Waals surface area contributed by atoms with E-state index in [0.29, 0.717) is 0 Å². The zero-order valence-corrected chi connectivity index (χ0v) is 11.7. The molecular weight excluding hydrogens is 274 g/mol. The van der Waals surface area contributed by atoms with E-state index in [2.05, 4.69) is 9.97 Å². The van der Waals surface area contributed by atoms with Gasteiger partial charge in [-0.2, -0.15) is 0 Å². The van der Waals surface area contributed by atoms with Crippen LogP contribution in [0.4, 0.5) is 0 Å². The lowest BCUT2D eigenvalue weighted by Gasteiger charge is -1.99. The smallest absolute Gasteiger partial charge is 0.342 e. The quantitative estimate of drug-likeness (QED) is 0.621. The van der Waals surface area contributed by atoms with Crippen LogP contribution in [-0.2, 0) is 0 Å². The highest BCUT2D eigenvalue weighted by Crippen LogP contribution is 2.22. The predicted molar refractivity (Wildman–Crippen MR) is 66.7 cm³/mol. The Kier molecular flexibility index (Phi) is 10.7. The first-order valence-corrected chi connectivity index (χ1v) is 5.77. The lowest BCUT2D eigenvalue weighted by atomic mass is 10.3. The van der Waals surface area contributed by atoms with E-state index in [4.69, 9.17) is 39.9 Å². The van der Waals surface area contributed by atoms with Crippen molar-refractivity contribution in [2.45, 2.75) is 27.7 Å². The van der Waals surface area contributed by atoms with Crippen molar-refractivity contribution in [3.63, 3.8) is 0 Å². The SMILES string of the molecule is CC.CC.O=C(O)c1c(Cl)nc(Cl)nc1Cl. The van der Waals surface area contributed by atoms with Crippen molar-refractivity contribution in [1.29, 1.82) is 0 Å². The van der Waals surface area contributed by atoms with Gasteiger partial charge in [0.05, 0.1) is 0 Å². The van der Waals surface area contributed by atoms with Crippen molar-refractivity contribution in [2.75, 3.05) is 0 Å². The summed E-state index contributed by atoms with van der Waals surface area (Å²) in [4.78, 5) is 17.3. The maximum Gasteiger partial charge on any atom is 0.342 e. The van der Waals surface area contributed by atoms with Gasteiger partial charge in [0.2, 0.25) is 5.28 Å². The largest absolute Gasteiger partial charge is 0.477 e. The molecule has 0 saturated heterocycles. The van der Waals surface area contributed by atoms with Gasteiger partial charge in [0.15, 0.2) is 0 Å². The van der Waals surface area contributed by atoms with Gasteiger partial charge in [-0.25, -0.2) is 14.8 Å². The first-order valence-electron chi connectivity index (χ1n) is 4.64. The second-order valence-corrected chi connectivity index (χ2v) is 2.81. The van der Waals surface area contributed by atoms with Crippen molar-refractivity contribution in [2.24, 2.45) is 0 Å². The molecule has 0 aliphatic heterocycles. The van der Waals surface area contributed by atoms with E-state index in [1.165, 1.54) is 0 Å². The third kappa shape index (κ3) is 5.49. The number of hydrogen-bond acceptors (Lipinski definition) is 3. The van der Waals surface area contributed by atoms with E-state index in [1.807, 2.05) is 27.7 Å². The molecule has 0 aliphatic rings. The first kappa shape index (κ1) is 17.8. The molecule has 16 heavy (non-hydrogen) atoms. The summed E-state index contributed by atoms with van der Waals surface area (Å²) in [6.45, 7) is 8.00. The minimum Gasteiger partial charge on any atom is -0.477 e. The summed E-state index contributed by atoms with van der Waals surface area (Å²) in [5.41, 5.74) is -0.345. The summed E-state index contributed by atoms with van der Waals surface area (Å²) in [6, 6.07) is 0. The lowest BCUT2D eigenvalue weighted by molar-refractivity contribution is 0.0696. The summed E-state index contributed by atoms with van der Waals surface area (Å²) in [7, 11) is 0. The van der Waals surface area contributed by atoms with Gasteiger partial charge in [0.25, 0.3) is 0 Å². The first-order chi connectivity index (χ1) is 7.52. The van der Waals surface area contributed by atoms with Gasteiger partial charge in [0.1, 0.15) is 15.9 Å². The molecule has 0 bridgehead atoms. The van der Waals surface area contributed by atoms with Gasteiger partial charge in [0, 0.05) is 0 Å². The molecule has 0 unspecified atom stereocenters. The van der Waals surface area contributed by atoms with E-state index in [1.54, 1.807) is 0 Å². The highest BCUT2D eigenvalue weighted by Gasteiger charge is 2.16. The molecule has 1 aromatic heterocycles. The van der Waals surface area contributed by atoms with E-state index >= 15 is 0 Å². The molecule has 1 aromatic rings. The second kappa shape index (κ2) is 9.63. The van der Waals surface area contributed by atoms with E-state index in [-0.39, 0.29) is 21.2 Å². The fourth-order valence-electron chi connectivity index (χ4n) is 0.560. The summed E-state index contributed by atoms with van der Waals surface area (Å²) in [5, 5.41) is 7.82. The molecule has 0 aliphatic carbocycles. The number of carbonyl (C=O) groups is 1. The Morgan fingerprint density at radius 1 is 1.00 bits per heavy atom. The molecule has 1 heterocycles. The standard InChI is InChI=1S/C5HCl3N2O2.2C2H6/c6-2-1(4(11)12)3(7)10-5(8)9-2;2*1-2/h(H,11,12);2*1-2H3. The number of carboxylic acid groups (broad SMARTS) is 1. The second-order valence-electron chi connectivity index (χ2n) is 1.75. The third-order valence-corrected chi connectivity index (χ3v) is 1.72. The number of carboxylic acids is 1. The van der Waals surface area contributed by atoms with Crippen LogP contribution >= 0.6 is 34.8 Å². The van der Waals surface area contributed by atoms with Crippen LogP contribution in [0, 0.1) is 0 Å². The number of aromatic carboxylic acids is 1. The van der Waals surface area contributed by atoms with Crippen molar-refractivity contribution in [3.05, 3.63) is 21.2 Å². The van der Waals surface area contributed by atoms with Crippen LogP contribution in [0.3, 0.4) is 0 Å². The molecule has 0 saturated carbocycles. The van der Waals surface area contributed by atoms with Crippen LogP contribution in [0.25, 0.3) is 0 Å². The Labute approximate surface area is 110 Å². The normalized spacial score (nSPS) is 8.19. The molecule has 1 rings (SSSR count). The molecule has 0 radical (unpaired) electrons. The Hall–Kier alpha value is -0.580. The molecule has 0 amide bonds. The van der Waals surface area contributed by atoms with Crippen LogP contribution in [0.1, 0.15) is 38.1 Å². The summed E-state index contributed by atoms with van der Waals surface area (Å²) < 4.78 is 0. The number of aromatic nitrogens is 2. The molecule has 0 atom stereocenters. The van der Waals surface area contributed by atoms with Crippen molar-refractivity contribution < 1.29 is 9.90 Å². The summed E-state index contributed by atoms with van der Waals surface area (Å²) >= 11 is 16.2. The Morgan fingerprint density at radius 2 is 1.31 bits per heavy atom. The molecule has 4 nitrogen and oxygen atoms in total. The lowest BCUT2D eigenvalue weighted by Crippen LogP contribution is -2.02. The number of hydrogen-bond donors (Lipinski definition) is 1. The van der Waals surface area contributed by atoms with Gasteiger partial charge < -0.3 is 5.11 Å². The average Bonchev–Trinajstić information content (AvgIpc) is 2.21. The molecule has 0 aromatic carbocycles. The fraction of sp³-hybridized carbons (Fsp3) is 0.444. The topological polar surface area (TPSA) is 63.1 Å². The molecule has 92 valence electrons. The van der Waals surface area contributed by atoms with E-state index in [9.17, 15) is 4.79 Å². The van der Waals surface area contributed by atoms with Crippen molar-refractivity contribution >= 4 is 40.8 Å². The molecule has 1 N–H and O–H groups in total. The fourth-order valence-corrected chi connectivity index (χ4v) is 1.37. The van der Waals surface area contributed by atoms with Gasteiger partial charge >= 0.3 is 5.97 Å². The maximum atomic E-state index is 10.5. The van der Waals surface area contributed by atoms with Crippen LogP contribution in [0.15, 0.2) is 0 Å². The van der Waals surface area contributed by atoms with Gasteiger partial charge in [-0.3, -0.25) is 0 Å². The number of rotatable bonds is 1. The Bertz CT molecular complexity index is 323. The molecule has 7 heteroatoms. The number of halogens is 3. The van der Waals surface area contributed by atoms with E-state index < -0.39 is 5.97 Å². The molecular formula is C9H13Cl3N2O2. The minimum absolute atomic E-state index is 0.185. The van der Waals surface area contributed by atoms with Crippen molar-refractivity contribution in [1.82, 2.24) is 9.97 Å².